The molecule has 2 rings (SSSR count). The van der Waals surface area contributed by atoms with E-state index in [1.54, 1.807) is 4.90 Å². The van der Waals surface area contributed by atoms with Gasteiger partial charge in [0.25, 0.3) is 5.91 Å². The van der Waals surface area contributed by atoms with Crippen molar-refractivity contribution < 1.29 is 14.7 Å². The third kappa shape index (κ3) is 2.95. The van der Waals surface area contributed by atoms with Gasteiger partial charge >= 0.3 is 5.97 Å². The molecular weight excluding hydrogens is 242 g/mol. The summed E-state index contributed by atoms with van der Waals surface area (Å²) in [5.74, 6) is -1.04. The lowest BCUT2D eigenvalue weighted by Crippen LogP contribution is -2.40. The van der Waals surface area contributed by atoms with E-state index in [2.05, 4.69) is 0 Å². The van der Waals surface area contributed by atoms with E-state index in [1.807, 2.05) is 32.0 Å². The molecule has 1 aromatic carbocycles. The van der Waals surface area contributed by atoms with Gasteiger partial charge in [0.05, 0.1) is 5.92 Å². The zero-order valence-electron chi connectivity index (χ0n) is 11.3. The van der Waals surface area contributed by atoms with Crippen molar-refractivity contribution in [2.24, 2.45) is 5.92 Å². The summed E-state index contributed by atoms with van der Waals surface area (Å²) in [6, 6.07) is 5.79. The van der Waals surface area contributed by atoms with Gasteiger partial charge in [0.15, 0.2) is 0 Å². The summed E-state index contributed by atoms with van der Waals surface area (Å²) >= 11 is 0. The average Bonchev–Trinajstić information content (AvgIpc) is 2.38. The summed E-state index contributed by atoms with van der Waals surface area (Å²) < 4.78 is 0. The number of likely N-dealkylation sites (tertiary alicyclic amines) is 1. The topological polar surface area (TPSA) is 57.6 Å². The van der Waals surface area contributed by atoms with E-state index in [4.69, 9.17) is 5.11 Å². The monoisotopic (exact) mass is 261 g/mol. The first kappa shape index (κ1) is 13.6. The van der Waals surface area contributed by atoms with Gasteiger partial charge in [0.2, 0.25) is 0 Å². The molecule has 4 nitrogen and oxygen atoms in total. The van der Waals surface area contributed by atoms with E-state index in [-0.39, 0.29) is 11.8 Å². The lowest BCUT2D eigenvalue weighted by Gasteiger charge is -2.30. The summed E-state index contributed by atoms with van der Waals surface area (Å²) in [6.07, 6.45) is 1.10. The van der Waals surface area contributed by atoms with Crippen molar-refractivity contribution in [3.05, 3.63) is 34.9 Å². The molecular formula is C15H19NO3. The van der Waals surface area contributed by atoms with Crippen LogP contribution < -0.4 is 0 Å². The molecule has 1 saturated heterocycles. The summed E-state index contributed by atoms with van der Waals surface area (Å²) in [6.45, 7) is 5.00. The van der Waals surface area contributed by atoms with E-state index in [0.717, 1.165) is 16.7 Å². The van der Waals surface area contributed by atoms with Crippen LogP contribution in [0.25, 0.3) is 0 Å². The number of aryl methyl sites for hydroxylation is 2. The number of rotatable bonds is 2. The maximum absolute atomic E-state index is 12.4. The predicted octanol–water partition coefficient (Wildman–Crippen LogP) is 2.24. The molecule has 0 atom stereocenters. The maximum atomic E-state index is 12.4. The molecule has 0 saturated carbocycles. The van der Waals surface area contributed by atoms with Crippen LogP contribution in [0.15, 0.2) is 18.2 Å². The van der Waals surface area contributed by atoms with Crippen LogP contribution in [0.4, 0.5) is 0 Å². The zero-order chi connectivity index (χ0) is 14.0. The normalized spacial score (nSPS) is 16.4. The molecule has 1 fully saturated rings. The molecule has 1 amide bonds. The quantitative estimate of drug-likeness (QED) is 0.888. The number of hydrogen-bond acceptors (Lipinski definition) is 2. The molecule has 102 valence electrons. The predicted molar refractivity (Wildman–Crippen MR) is 72.2 cm³/mol. The Morgan fingerprint density at radius 2 is 1.84 bits per heavy atom. The number of carbonyl (C=O) groups excluding carboxylic acids is 1. The standard InChI is InChI=1S/C15H19NO3/c1-10-3-4-13(11(2)9-10)14(17)16-7-5-12(6-8-16)15(18)19/h3-4,9,12H,5-8H2,1-2H3,(H,18,19). The van der Waals surface area contributed by atoms with Gasteiger partial charge in [0, 0.05) is 18.7 Å². The number of amides is 1. The second kappa shape index (κ2) is 5.43. The van der Waals surface area contributed by atoms with Crippen LogP contribution in [-0.2, 0) is 4.79 Å². The molecule has 0 radical (unpaired) electrons. The average molecular weight is 261 g/mol. The smallest absolute Gasteiger partial charge is 0.306 e. The van der Waals surface area contributed by atoms with Crippen molar-refractivity contribution >= 4 is 11.9 Å². The van der Waals surface area contributed by atoms with Crippen LogP contribution in [0.1, 0.15) is 34.3 Å². The van der Waals surface area contributed by atoms with Crippen molar-refractivity contribution in [2.75, 3.05) is 13.1 Å². The molecule has 0 unspecified atom stereocenters. The fourth-order valence-electron chi connectivity index (χ4n) is 2.55. The first-order valence-corrected chi connectivity index (χ1v) is 6.58. The number of hydrogen-bond donors (Lipinski definition) is 1. The second-order valence-corrected chi connectivity index (χ2v) is 5.22. The number of carboxylic acids is 1. The van der Waals surface area contributed by atoms with Gasteiger partial charge in [-0.25, -0.2) is 0 Å². The minimum Gasteiger partial charge on any atom is -0.481 e. The van der Waals surface area contributed by atoms with Crippen LogP contribution in [0.3, 0.4) is 0 Å². The molecule has 0 spiro atoms. The Labute approximate surface area is 113 Å². The summed E-state index contributed by atoms with van der Waals surface area (Å²) in [5, 5.41) is 8.95. The van der Waals surface area contributed by atoms with Gasteiger partial charge in [-0.1, -0.05) is 17.7 Å². The molecule has 1 aromatic rings. The minimum atomic E-state index is -0.751. The highest BCUT2D eigenvalue weighted by atomic mass is 16.4. The Morgan fingerprint density at radius 1 is 1.21 bits per heavy atom. The van der Waals surface area contributed by atoms with Crippen LogP contribution >= 0.6 is 0 Å². The summed E-state index contributed by atoms with van der Waals surface area (Å²) in [7, 11) is 0. The van der Waals surface area contributed by atoms with Crippen molar-refractivity contribution in [1.82, 2.24) is 4.90 Å². The van der Waals surface area contributed by atoms with Gasteiger partial charge in [-0.05, 0) is 38.3 Å². The first-order valence-electron chi connectivity index (χ1n) is 6.58. The molecule has 4 heteroatoms. The summed E-state index contributed by atoms with van der Waals surface area (Å²) in [5.41, 5.74) is 2.84. The Hall–Kier alpha value is -1.84. The van der Waals surface area contributed by atoms with Crippen molar-refractivity contribution in [3.63, 3.8) is 0 Å². The van der Waals surface area contributed by atoms with E-state index in [1.165, 1.54) is 0 Å². The molecule has 0 bridgehead atoms. The van der Waals surface area contributed by atoms with E-state index >= 15 is 0 Å². The van der Waals surface area contributed by atoms with Gasteiger partial charge in [-0.2, -0.15) is 0 Å². The number of carboxylic acid groups (broad SMARTS) is 1. The molecule has 19 heavy (non-hydrogen) atoms. The van der Waals surface area contributed by atoms with Gasteiger partial charge in [-0.3, -0.25) is 9.59 Å². The van der Waals surface area contributed by atoms with Crippen LogP contribution in [-0.4, -0.2) is 35.0 Å². The highest BCUT2D eigenvalue weighted by Gasteiger charge is 2.27. The minimum absolute atomic E-state index is 0.0151. The van der Waals surface area contributed by atoms with E-state index < -0.39 is 5.97 Å². The molecule has 1 aliphatic heterocycles. The van der Waals surface area contributed by atoms with Crippen molar-refractivity contribution in [1.29, 1.82) is 0 Å². The van der Waals surface area contributed by atoms with Crippen molar-refractivity contribution in [3.8, 4) is 0 Å². The van der Waals surface area contributed by atoms with E-state index in [9.17, 15) is 9.59 Å². The van der Waals surface area contributed by atoms with Crippen molar-refractivity contribution in [2.45, 2.75) is 26.7 Å². The lowest BCUT2D eigenvalue weighted by atomic mass is 9.96. The Kier molecular flexibility index (Phi) is 3.88. The summed E-state index contributed by atoms with van der Waals surface area (Å²) in [4.78, 5) is 25.0. The maximum Gasteiger partial charge on any atom is 0.306 e. The lowest BCUT2D eigenvalue weighted by molar-refractivity contribution is -0.143. The van der Waals surface area contributed by atoms with Crippen LogP contribution in [0.5, 0.6) is 0 Å². The number of carbonyl (C=O) groups is 2. The molecule has 1 heterocycles. The fourth-order valence-corrected chi connectivity index (χ4v) is 2.55. The number of aliphatic carboxylic acids is 1. The first-order chi connectivity index (χ1) is 8.99. The Morgan fingerprint density at radius 3 is 2.37 bits per heavy atom. The van der Waals surface area contributed by atoms with Crippen LogP contribution in [0, 0.1) is 19.8 Å². The zero-order valence-corrected chi connectivity index (χ0v) is 11.3. The number of piperidine rings is 1. The molecule has 0 aliphatic carbocycles. The molecule has 0 aromatic heterocycles. The highest BCUT2D eigenvalue weighted by Crippen LogP contribution is 2.20. The van der Waals surface area contributed by atoms with Gasteiger partial charge in [0.1, 0.15) is 0 Å². The SMILES string of the molecule is Cc1ccc(C(=O)N2CCC(C(=O)O)CC2)c(C)c1. The largest absolute Gasteiger partial charge is 0.481 e. The Balaban J connectivity index is 2.07. The molecule has 1 N–H and O–H groups in total. The van der Waals surface area contributed by atoms with E-state index in [0.29, 0.717) is 25.9 Å². The molecule has 1 aliphatic rings. The third-order valence-corrected chi connectivity index (χ3v) is 3.74. The second-order valence-electron chi connectivity index (χ2n) is 5.22. The van der Waals surface area contributed by atoms with Crippen LogP contribution in [0.2, 0.25) is 0 Å². The number of benzene rings is 1. The Bertz CT molecular complexity index is 502. The fraction of sp³-hybridized carbons (Fsp3) is 0.467. The highest BCUT2D eigenvalue weighted by molar-refractivity contribution is 5.95. The third-order valence-electron chi connectivity index (χ3n) is 3.74. The van der Waals surface area contributed by atoms with Gasteiger partial charge < -0.3 is 10.0 Å². The number of nitrogens with zero attached hydrogens (tertiary/aromatic N) is 1. The van der Waals surface area contributed by atoms with Gasteiger partial charge in [-0.15, -0.1) is 0 Å².